The third-order valence-corrected chi connectivity index (χ3v) is 10.3. The Bertz CT molecular complexity index is 2890. The lowest BCUT2D eigenvalue weighted by Gasteiger charge is -2.13. The van der Waals surface area contributed by atoms with Gasteiger partial charge in [0, 0.05) is 38.4 Å². The number of pyridine rings is 1. The summed E-state index contributed by atoms with van der Waals surface area (Å²) in [7, 11) is 0. The summed E-state index contributed by atoms with van der Waals surface area (Å²) in [6, 6.07) is 65.1. The van der Waals surface area contributed by atoms with E-state index in [9.17, 15) is 0 Å². The number of para-hydroxylation sites is 2. The van der Waals surface area contributed by atoms with Crippen LogP contribution in [-0.4, -0.2) is 14.1 Å². The predicted molar refractivity (Wildman–Crippen MR) is 219 cm³/mol. The van der Waals surface area contributed by atoms with Gasteiger partial charge in [-0.1, -0.05) is 128 Å². The van der Waals surface area contributed by atoms with Gasteiger partial charge in [-0.2, -0.15) is 0 Å². The van der Waals surface area contributed by atoms with E-state index in [-0.39, 0.29) is 0 Å². The molecule has 3 heteroatoms. The van der Waals surface area contributed by atoms with E-state index < -0.39 is 0 Å². The standard InChI is InChI=1S/C49H33N3/c1-2-33-22-25-47-41(28-33)43-30-37(24-27-49(43)51(47)38-18-10-5-11-19-38)36-23-26-48-42(29-36)40-20-12-13-21-46(40)52(48)39-31-44(34-14-6-3-7-15-34)50-45(32-39)35-16-8-4-9-17-35/h2-32H,1H2. The minimum absolute atomic E-state index is 0.946. The second-order valence-electron chi connectivity index (χ2n) is 13.3. The molecule has 0 aliphatic rings. The first-order valence-corrected chi connectivity index (χ1v) is 17.7. The van der Waals surface area contributed by atoms with Gasteiger partial charge in [-0.05, 0) is 83.4 Å². The topological polar surface area (TPSA) is 22.8 Å². The molecule has 3 nitrogen and oxygen atoms in total. The summed E-state index contributed by atoms with van der Waals surface area (Å²) < 4.78 is 4.75. The molecule has 0 spiro atoms. The maximum atomic E-state index is 5.16. The molecule has 0 atom stereocenters. The number of rotatable bonds is 6. The molecule has 10 rings (SSSR count). The average Bonchev–Trinajstić information content (AvgIpc) is 3.73. The predicted octanol–water partition coefficient (Wildman–Crippen LogP) is 12.9. The molecule has 10 aromatic rings. The highest BCUT2D eigenvalue weighted by Crippen LogP contribution is 2.39. The molecule has 0 unspecified atom stereocenters. The van der Waals surface area contributed by atoms with Crippen LogP contribution in [0.25, 0.3) is 94.7 Å². The normalized spacial score (nSPS) is 11.5. The zero-order valence-corrected chi connectivity index (χ0v) is 28.4. The lowest BCUT2D eigenvalue weighted by atomic mass is 10.00. The zero-order chi connectivity index (χ0) is 34.6. The summed E-state index contributed by atoms with van der Waals surface area (Å²) in [4.78, 5) is 5.16. The number of hydrogen-bond acceptors (Lipinski definition) is 1. The summed E-state index contributed by atoms with van der Waals surface area (Å²) in [5, 5.41) is 4.88. The fourth-order valence-electron chi connectivity index (χ4n) is 7.79. The number of hydrogen-bond donors (Lipinski definition) is 0. The van der Waals surface area contributed by atoms with Crippen molar-refractivity contribution in [1.82, 2.24) is 14.1 Å². The molecule has 0 amide bonds. The van der Waals surface area contributed by atoms with Gasteiger partial charge in [0.2, 0.25) is 0 Å². The SMILES string of the molecule is C=Cc1ccc2c(c1)c1cc(-c3ccc4c(c3)c3ccccc3n4-c3cc(-c4ccccc4)nc(-c4ccccc4)c3)ccc1n2-c1ccccc1. The van der Waals surface area contributed by atoms with Gasteiger partial charge in [0.15, 0.2) is 0 Å². The highest BCUT2D eigenvalue weighted by Gasteiger charge is 2.18. The summed E-state index contributed by atoms with van der Waals surface area (Å²) in [5.74, 6) is 0. The highest BCUT2D eigenvalue weighted by atomic mass is 15.0. The Morgan fingerprint density at radius 3 is 1.42 bits per heavy atom. The van der Waals surface area contributed by atoms with Gasteiger partial charge >= 0.3 is 0 Å². The Morgan fingerprint density at radius 1 is 0.365 bits per heavy atom. The van der Waals surface area contributed by atoms with E-state index in [4.69, 9.17) is 4.98 Å². The molecule has 7 aromatic carbocycles. The molecule has 0 bridgehead atoms. The molecule has 3 heterocycles. The largest absolute Gasteiger partial charge is 0.309 e. The van der Waals surface area contributed by atoms with Gasteiger partial charge in [0.25, 0.3) is 0 Å². The van der Waals surface area contributed by atoms with Crippen LogP contribution < -0.4 is 0 Å². The van der Waals surface area contributed by atoms with Crippen molar-refractivity contribution in [3.05, 3.63) is 194 Å². The molecular weight excluding hydrogens is 631 g/mol. The number of nitrogens with zero attached hydrogens (tertiary/aromatic N) is 3. The van der Waals surface area contributed by atoms with E-state index in [0.29, 0.717) is 0 Å². The van der Waals surface area contributed by atoms with Crippen LogP contribution in [0.5, 0.6) is 0 Å². The monoisotopic (exact) mass is 663 g/mol. The first kappa shape index (κ1) is 29.9. The fraction of sp³-hybridized carbons (Fsp3) is 0. The van der Waals surface area contributed by atoms with Crippen LogP contribution in [0.1, 0.15) is 5.56 Å². The van der Waals surface area contributed by atoms with Crippen LogP contribution in [-0.2, 0) is 0 Å². The third-order valence-electron chi connectivity index (χ3n) is 10.3. The van der Waals surface area contributed by atoms with E-state index in [1.165, 1.54) is 43.7 Å². The van der Waals surface area contributed by atoms with Gasteiger partial charge in [0.1, 0.15) is 0 Å². The van der Waals surface area contributed by atoms with Crippen LogP contribution >= 0.6 is 0 Å². The molecular formula is C49H33N3. The zero-order valence-electron chi connectivity index (χ0n) is 28.4. The van der Waals surface area contributed by atoms with Crippen LogP contribution in [0.4, 0.5) is 0 Å². The first-order valence-electron chi connectivity index (χ1n) is 17.7. The van der Waals surface area contributed by atoms with Crippen LogP contribution in [0, 0.1) is 0 Å². The van der Waals surface area contributed by atoms with Crippen LogP contribution in [0.15, 0.2) is 189 Å². The quantitative estimate of drug-likeness (QED) is 0.174. The summed E-state index contributed by atoms with van der Waals surface area (Å²) in [6.45, 7) is 4.05. The molecule has 0 fully saturated rings. The van der Waals surface area contributed by atoms with Crippen molar-refractivity contribution < 1.29 is 0 Å². The van der Waals surface area contributed by atoms with Crippen molar-refractivity contribution in [2.24, 2.45) is 0 Å². The first-order chi connectivity index (χ1) is 25.7. The fourth-order valence-corrected chi connectivity index (χ4v) is 7.79. The van der Waals surface area contributed by atoms with E-state index in [1.54, 1.807) is 0 Å². The summed E-state index contributed by atoms with van der Waals surface area (Å²) in [6.07, 6.45) is 1.92. The number of fused-ring (bicyclic) bond motifs is 6. The molecule has 0 saturated carbocycles. The Kier molecular flexibility index (Phi) is 6.97. The second kappa shape index (κ2) is 12.1. The lowest BCUT2D eigenvalue weighted by molar-refractivity contribution is 1.16. The van der Waals surface area contributed by atoms with Crippen molar-refractivity contribution in [2.75, 3.05) is 0 Å². The Hall–Kier alpha value is -6.97. The van der Waals surface area contributed by atoms with Crippen LogP contribution in [0.2, 0.25) is 0 Å². The Balaban J connectivity index is 1.18. The van der Waals surface area contributed by atoms with Crippen LogP contribution in [0.3, 0.4) is 0 Å². The van der Waals surface area contributed by atoms with E-state index >= 15 is 0 Å². The van der Waals surface area contributed by atoms with Gasteiger partial charge < -0.3 is 9.13 Å². The Morgan fingerprint density at radius 2 is 0.827 bits per heavy atom. The Labute approximate surface area is 302 Å². The van der Waals surface area contributed by atoms with Gasteiger partial charge in [-0.15, -0.1) is 0 Å². The van der Waals surface area contributed by atoms with Crippen molar-refractivity contribution in [3.8, 4) is 45.0 Å². The van der Waals surface area contributed by atoms with E-state index in [1.807, 2.05) is 18.2 Å². The minimum atomic E-state index is 0.946. The average molecular weight is 664 g/mol. The van der Waals surface area contributed by atoms with Crippen molar-refractivity contribution in [2.45, 2.75) is 0 Å². The lowest BCUT2D eigenvalue weighted by Crippen LogP contribution is -1.98. The van der Waals surface area contributed by atoms with Crippen molar-refractivity contribution >= 4 is 49.7 Å². The molecule has 244 valence electrons. The smallest absolute Gasteiger partial charge is 0.0730 e. The number of aromatic nitrogens is 3. The third kappa shape index (κ3) is 4.86. The van der Waals surface area contributed by atoms with Gasteiger partial charge in [0.05, 0.1) is 39.1 Å². The molecule has 0 aliphatic heterocycles. The van der Waals surface area contributed by atoms with E-state index in [2.05, 4.69) is 186 Å². The molecule has 0 radical (unpaired) electrons. The molecule has 0 N–H and O–H groups in total. The molecule has 52 heavy (non-hydrogen) atoms. The second-order valence-corrected chi connectivity index (χ2v) is 13.3. The maximum Gasteiger partial charge on any atom is 0.0730 e. The summed E-state index contributed by atoms with van der Waals surface area (Å²) >= 11 is 0. The molecule has 0 aliphatic carbocycles. The molecule has 0 saturated heterocycles. The number of benzene rings is 7. The summed E-state index contributed by atoms with van der Waals surface area (Å²) in [5.41, 5.74) is 14.5. The minimum Gasteiger partial charge on any atom is -0.309 e. The van der Waals surface area contributed by atoms with Crippen molar-refractivity contribution in [3.63, 3.8) is 0 Å². The highest BCUT2D eigenvalue weighted by molar-refractivity contribution is 6.13. The van der Waals surface area contributed by atoms with Gasteiger partial charge in [-0.3, -0.25) is 0 Å². The van der Waals surface area contributed by atoms with Crippen molar-refractivity contribution in [1.29, 1.82) is 0 Å². The maximum absolute atomic E-state index is 5.16. The van der Waals surface area contributed by atoms with E-state index in [0.717, 1.165) is 50.5 Å². The molecule has 3 aromatic heterocycles. The van der Waals surface area contributed by atoms with Gasteiger partial charge in [-0.25, -0.2) is 4.98 Å².